The van der Waals surface area contributed by atoms with Gasteiger partial charge in [-0.15, -0.1) is 0 Å². The third-order valence-electron chi connectivity index (χ3n) is 2.90. The van der Waals surface area contributed by atoms with Crippen molar-refractivity contribution in [2.45, 2.75) is 39.3 Å². The van der Waals surface area contributed by atoms with E-state index in [1.807, 2.05) is 6.92 Å². The normalized spacial score (nSPS) is 11.8. The molecule has 0 aromatic carbocycles. The van der Waals surface area contributed by atoms with E-state index < -0.39 is 23.9 Å². The van der Waals surface area contributed by atoms with Gasteiger partial charge in [0.05, 0.1) is 12.8 Å². The molecule has 1 rings (SSSR count). The van der Waals surface area contributed by atoms with Gasteiger partial charge < -0.3 is 15.2 Å². The maximum absolute atomic E-state index is 12.1. The number of hydrogen-bond acceptors (Lipinski definition) is 5. The van der Waals surface area contributed by atoms with Gasteiger partial charge in [-0.25, -0.2) is 4.79 Å². The van der Waals surface area contributed by atoms with Crippen LogP contribution in [-0.2, 0) is 20.9 Å². The molecule has 1 heterocycles. The number of carbonyl (C=O) groups is 3. The highest BCUT2D eigenvalue weighted by Gasteiger charge is 2.23. The molecule has 0 radical (unpaired) electrons. The molecule has 116 valence electrons. The van der Waals surface area contributed by atoms with Crippen molar-refractivity contribution < 1.29 is 24.2 Å². The van der Waals surface area contributed by atoms with Crippen molar-refractivity contribution in [3.8, 4) is 0 Å². The zero-order chi connectivity index (χ0) is 16.0. The number of carbonyl (C=O) groups excluding carboxylic acids is 2. The highest BCUT2D eigenvalue weighted by Crippen LogP contribution is 2.06. The first-order chi connectivity index (χ1) is 9.88. The number of aryl methyl sites for hydroxylation is 2. The zero-order valence-corrected chi connectivity index (χ0v) is 12.3. The van der Waals surface area contributed by atoms with E-state index in [1.54, 1.807) is 13.0 Å². The van der Waals surface area contributed by atoms with E-state index in [2.05, 4.69) is 15.2 Å². The lowest BCUT2D eigenvalue weighted by atomic mass is 10.1. The molecule has 1 unspecified atom stereocenters. The Labute approximate surface area is 122 Å². The van der Waals surface area contributed by atoms with E-state index in [1.165, 1.54) is 11.8 Å². The standard InChI is InChI=1S/C13H19N3O5/c1-4-16-10(7-8(2)15-16)12(18)14-9(13(19)20)5-6-11(17)21-3/h7,9H,4-6H2,1-3H3,(H,14,18)(H,19,20). The molecule has 0 aliphatic heterocycles. The molecule has 0 saturated carbocycles. The molecule has 0 spiro atoms. The summed E-state index contributed by atoms with van der Waals surface area (Å²) >= 11 is 0. The average Bonchev–Trinajstić information content (AvgIpc) is 2.83. The number of amides is 1. The Morgan fingerprint density at radius 3 is 2.67 bits per heavy atom. The summed E-state index contributed by atoms with van der Waals surface area (Å²) in [7, 11) is 1.22. The number of hydrogen-bond donors (Lipinski definition) is 2. The van der Waals surface area contributed by atoms with Gasteiger partial charge in [0.15, 0.2) is 0 Å². The number of carboxylic acid groups (broad SMARTS) is 1. The molecule has 1 aromatic rings. The Hall–Kier alpha value is -2.38. The summed E-state index contributed by atoms with van der Waals surface area (Å²) in [5.41, 5.74) is 0.961. The van der Waals surface area contributed by atoms with Crippen molar-refractivity contribution in [3.05, 3.63) is 17.5 Å². The summed E-state index contributed by atoms with van der Waals surface area (Å²) in [6.45, 7) is 4.07. The summed E-state index contributed by atoms with van der Waals surface area (Å²) in [6.07, 6.45) is -0.118. The molecule has 0 bridgehead atoms. The Bertz CT molecular complexity index is 538. The third-order valence-corrected chi connectivity index (χ3v) is 2.90. The molecule has 8 heteroatoms. The number of carboxylic acids is 1. The lowest BCUT2D eigenvalue weighted by Crippen LogP contribution is -2.41. The number of nitrogens with one attached hydrogen (secondary N) is 1. The van der Waals surface area contributed by atoms with Crippen molar-refractivity contribution >= 4 is 17.8 Å². The van der Waals surface area contributed by atoms with Gasteiger partial charge in [0.2, 0.25) is 0 Å². The van der Waals surface area contributed by atoms with Crippen LogP contribution in [0.1, 0.15) is 35.9 Å². The van der Waals surface area contributed by atoms with Crippen LogP contribution in [0.2, 0.25) is 0 Å². The second-order valence-electron chi connectivity index (χ2n) is 4.47. The summed E-state index contributed by atoms with van der Waals surface area (Å²) in [6, 6.07) is 0.426. The van der Waals surface area contributed by atoms with Crippen molar-refractivity contribution in [2.24, 2.45) is 0 Å². The molecular weight excluding hydrogens is 278 g/mol. The summed E-state index contributed by atoms with van der Waals surface area (Å²) < 4.78 is 5.94. The maximum Gasteiger partial charge on any atom is 0.326 e. The minimum absolute atomic E-state index is 0.0347. The van der Waals surface area contributed by atoms with Crippen LogP contribution in [0.5, 0.6) is 0 Å². The number of aromatic nitrogens is 2. The SMILES string of the molecule is CCn1nc(C)cc1C(=O)NC(CCC(=O)OC)C(=O)O. The molecule has 1 amide bonds. The van der Waals surface area contributed by atoms with Gasteiger partial charge in [0, 0.05) is 13.0 Å². The fourth-order valence-corrected chi connectivity index (χ4v) is 1.82. The van der Waals surface area contributed by atoms with Gasteiger partial charge in [-0.2, -0.15) is 5.10 Å². The van der Waals surface area contributed by atoms with E-state index >= 15 is 0 Å². The van der Waals surface area contributed by atoms with Crippen LogP contribution < -0.4 is 5.32 Å². The van der Waals surface area contributed by atoms with Crippen LogP contribution in [-0.4, -0.2) is 45.9 Å². The topological polar surface area (TPSA) is 111 Å². The lowest BCUT2D eigenvalue weighted by molar-refractivity contribution is -0.142. The first kappa shape index (κ1) is 16.7. The van der Waals surface area contributed by atoms with Gasteiger partial charge in [0.1, 0.15) is 11.7 Å². The van der Waals surface area contributed by atoms with E-state index in [9.17, 15) is 14.4 Å². The van der Waals surface area contributed by atoms with E-state index in [-0.39, 0.29) is 12.8 Å². The monoisotopic (exact) mass is 297 g/mol. The van der Waals surface area contributed by atoms with Crippen molar-refractivity contribution in [1.82, 2.24) is 15.1 Å². The number of nitrogens with zero attached hydrogens (tertiary/aromatic N) is 2. The average molecular weight is 297 g/mol. The molecule has 0 aliphatic rings. The summed E-state index contributed by atoms with van der Waals surface area (Å²) in [5, 5.41) is 15.6. The molecule has 21 heavy (non-hydrogen) atoms. The van der Waals surface area contributed by atoms with E-state index in [0.717, 1.165) is 0 Å². The molecule has 0 fully saturated rings. The van der Waals surface area contributed by atoms with Crippen LogP contribution in [0.15, 0.2) is 6.07 Å². The van der Waals surface area contributed by atoms with Gasteiger partial charge in [-0.3, -0.25) is 14.3 Å². The van der Waals surface area contributed by atoms with Gasteiger partial charge >= 0.3 is 11.9 Å². The molecular formula is C13H19N3O5. The summed E-state index contributed by atoms with van der Waals surface area (Å²) in [5.74, 6) is -2.26. The number of rotatable bonds is 7. The van der Waals surface area contributed by atoms with Crippen LogP contribution in [0, 0.1) is 6.92 Å². The van der Waals surface area contributed by atoms with Crippen molar-refractivity contribution in [2.75, 3.05) is 7.11 Å². The van der Waals surface area contributed by atoms with Gasteiger partial charge in [-0.05, 0) is 26.3 Å². The minimum atomic E-state index is -1.20. The minimum Gasteiger partial charge on any atom is -0.480 e. The van der Waals surface area contributed by atoms with E-state index in [0.29, 0.717) is 17.9 Å². The highest BCUT2D eigenvalue weighted by molar-refractivity contribution is 5.95. The smallest absolute Gasteiger partial charge is 0.326 e. The van der Waals surface area contributed by atoms with Crippen LogP contribution in [0.25, 0.3) is 0 Å². The molecule has 0 aliphatic carbocycles. The van der Waals surface area contributed by atoms with Gasteiger partial charge in [0.25, 0.3) is 5.91 Å². The maximum atomic E-state index is 12.1. The number of aliphatic carboxylic acids is 1. The molecule has 1 aromatic heterocycles. The largest absolute Gasteiger partial charge is 0.480 e. The second kappa shape index (κ2) is 7.41. The fraction of sp³-hybridized carbons (Fsp3) is 0.538. The Morgan fingerprint density at radius 1 is 1.48 bits per heavy atom. The quantitative estimate of drug-likeness (QED) is 0.702. The molecule has 2 N–H and O–H groups in total. The Balaban J connectivity index is 2.76. The fourth-order valence-electron chi connectivity index (χ4n) is 1.82. The van der Waals surface area contributed by atoms with Crippen molar-refractivity contribution in [1.29, 1.82) is 0 Å². The predicted molar refractivity (Wildman–Crippen MR) is 72.8 cm³/mol. The third kappa shape index (κ3) is 4.59. The second-order valence-corrected chi connectivity index (χ2v) is 4.47. The van der Waals surface area contributed by atoms with Crippen molar-refractivity contribution in [3.63, 3.8) is 0 Å². The first-order valence-corrected chi connectivity index (χ1v) is 6.54. The summed E-state index contributed by atoms with van der Waals surface area (Å²) in [4.78, 5) is 34.3. The molecule has 0 saturated heterocycles. The Kier molecular flexibility index (Phi) is 5.89. The number of methoxy groups -OCH3 is 1. The lowest BCUT2D eigenvalue weighted by Gasteiger charge is -2.14. The Morgan fingerprint density at radius 2 is 2.14 bits per heavy atom. The number of esters is 1. The number of ether oxygens (including phenoxy) is 1. The molecule has 8 nitrogen and oxygen atoms in total. The van der Waals surface area contributed by atoms with E-state index in [4.69, 9.17) is 5.11 Å². The van der Waals surface area contributed by atoms with Gasteiger partial charge in [-0.1, -0.05) is 0 Å². The molecule has 1 atom stereocenters. The predicted octanol–water partition coefficient (Wildman–Crippen LogP) is 0.348. The zero-order valence-electron chi connectivity index (χ0n) is 12.3. The first-order valence-electron chi connectivity index (χ1n) is 6.54. The van der Waals surface area contributed by atoms with Crippen LogP contribution in [0.3, 0.4) is 0 Å². The highest BCUT2D eigenvalue weighted by atomic mass is 16.5. The van der Waals surface area contributed by atoms with Crippen LogP contribution in [0.4, 0.5) is 0 Å². The van der Waals surface area contributed by atoms with Crippen LogP contribution >= 0.6 is 0 Å².